The van der Waals surface area contributed by atoms with E-state index in [1.54, 1.807) is 0 Å². The molecule has 0 amide bonds. The molecule has 19 heavy (non-hydrogen) atoms. The Labute approximate surface area is 116 Å². The van der Waals surface area contributed by atoms with Crippen molar-refractivity contribution in [2.24, 2.45) is 11.7 Å². The highest BCUT2D eigenvalue weighted by atomic mass is 15.2. The molecule has 2 unspecified atom stereocenters. The first-order valence-corrected chi connectivity index (χ1v) is 7.02. The standard InChI is InChI=1S/C15H26N4/c1-10-8-19(9-15(10)18(4)5)14-6-11(2)17-12(3)13(14)7-16/h6,10,15H,7-9,16H2,1-5H3. The van der Waals surface area contributed by atoms with Gasteiger partial charge >= 0.3 is 0 Å². The number of anilines is 1. The van der Waals surface area contributed by atoms with Crippen molar-refractivity contribution < 1.29 is 0 Å². The fourth-order valence-electron chi connectivity index (χ4n) is 3.19. The van der Waals surface area contributed by atoms with E-state index in [4.69, 9.17) is 5.73 Å². The van der Waals surface area contributed by atoms with Gasteiger partial charge in [-0.05, 0) is 39.9 Å². The third kappa shape index (κ3) is 2.74. The smallest absolute Gasteiger partial charge is 0.0448 e. The lowest BCUT2D eigenvalue weighted by Gasteiger charge is -2.25. The Morgan fingerprint density at radius 1 is 1.37 bits per heavy atom. The van der Waals surface area contributed by atoms with Crippen LogP contribution in [0.25, 0.3) is 0 Å². The summed E-state index contributed by atoms with van der Waals surface area (Å²) < 4.78 is 0. The number of nitrogens with zero attached hydrogens (tertiary/aromatic N) is 3. The van der Waals surface area contributed by atoms with Gasteiger partial charge in [-0.25, -0.2) is 0 Å². The third-order valence-corrected chi connectivity index (χ3v) is 4.22. The lowest BCUT2D eigenvalue weighted by Crippen LogP contribution is -2.34. The topological polar surface area (TPSA) is 45.4 Å². The lowest BCUT2D eigenvalue weighted by atomic mass is 10.1. The van der Waals surface area contributed by atoms with Crippen LogP contribution >= 0.6 is 0 Å². The van der Waals surface area contributed by atoms with E-state index < -0.39 is 0 Å². The van der Waals surface area contributed by atoms with Crippen LogP contribution in [0.1, 0.15) is 23.9 Å². The average Bonchev–Trinajstić information content (AvgIpc) is 2.70. The Kier molecular flexibility index (Phi) is 4.11. The van der Waals surface area contributed by atoms with Gasteiger partial charge in [0.05, 0.1) is 0 Å². The molecular formula is C15H26N4. The molecule has 0 aromatic carbocycles. The Morgan fingerprint density at radius 2 is 2.05 bits per heavy atom. The largest absolute Gasteiger partial charge is 0.369 e. The number of aromatic nitrogens is 1. The zero-order chi connectivity index (χ0) is 14.2. The van der Waals surface area contributed by atoms with E-state index in [-0.39, 0.29) is 0 Å². The van der Waals surface area contributed by atoms with Crippen molar-refractivity contribution >= 4 is 5.69 Å². The van der Waals surface area contributed by atoms with Crippen LogP contribution in [-0.2, 0) is 6.54 Å². The van der Waals surface area contributed by atoms with E-state index in [2.05, 4.69) is 55.7 Å². The number of hydrogen-bond acceptors (Lipinski definition) is 4. The van der Waals surface area contributed by atoms with Crippen LogP contribution in [0.2, 0.25) is 0 Å². The molecule has 1 aliphatic rings. The molecule has 0 radical (unpaired) electrons. The molecule has 1 saturated heterocycles. The van der Waals surface area contributed by atoms with Crippen molar-refractivity contribution in [2.75, 3.05) is 32.1 Å². The second-order valence-electron chi connectivity index (χ2n) is 5.96. The molecule has 1 aromatic heterocycles. The molecule has 2 N–H and O–H groups in total. The summed E-state index contributed by atoms with van der Waals surface area (Å²) in [5, 5.41) is 0. The molecule has 0 bridgehead atoms. The number of pyridine rings is 1. The van der Waals surface area contributed by atoms with E-state index >= 15 is 0 Å². The van der Waals surface area contributed by atoms with Crippen molar-refractivity contribution in [3.63, 3.8) is 0 Å². The Morgan fingerprint density at radius 3 is 2.58 bits per heavy atom. The number of rotatable bonds is 3. The maximum Gasteiger partial charge on any atom is 0.0448 e. The van der Waals surface area contributed by atoms with Gasteiger partial charge in [0.25, 0.3) is 0 Å². The van der Waals surface area contributed by atoms with Crippen molar-refractivity contribution in [2.45, 2.75) is 33.4 Å². The van der Waals surface area contributed by atoms with E-state index in [0.717, 1.165) is 24.5 Å². The van der Waals surface area contributed by atoms with Crippen molar-refractivity contribution in [3.8, 4) is 0 Å². The molecule has 2 atom stereocenters. The minimum absolute atomic E-state index is 0.561. The van der Waals surface area contributed by atoms with Gasteiger partial charge in [-0.1, -0.05) is 6.92 Å². The maximum atomic E-state index is 5.92. The molecule has 1 aromatic rings. The summed E-state index contributed by atoms with van der Waals surface area (Å²) in [6.45, 7) is 9.17. The minimum atomic E-state index is 0.561. The van der Waals surface area contributed by atoms with Gasteiger partial charge in [-0.2, -0.15) is 0 Å². The van der Waals surface area contributed by atoms with Crippen LogP contribution in [0.3, 0.4) is 0 Å². The summed E-state index contributed by atoms with van der Waals surface area (Å²) >= 11 is 0. The van der Waals surface area contributed by atoms with Crippen molar-refractivity contribution in [1.82, 2.24) is 9.88 Å². The van der Waals surface area contributed by atoms with Crippen LogP contribution in [0.15, 0.2) is 6.07 Å². The van der Waals surface area contributed by atoms with Crippen LogP contribution in [0.4, 0.5) is 5.69 Å². The average molecular weight is 262 g/mol. The zero-order valence-electron chi connectivity index (χ0n) is 12.8. The Balaban J connectivity index is 2.33. The molecule has 0 aliphatic carbocycles. The predicted octanol–water partition coefficient (Wildman–Crippen LogP) is 1.54. The highest BCUT2D eigenvalue weighted by molar-refractivity contribution is 5.57. The first kappa shape index (κ1) is 14.3. The van der Waals surface area contributed by atoms with Crippen LogP contribution in [-0.4, -0.2) is 43.1 Å². The maximum absolute atomic E-state index is 5.92. The van der Waals surface area contributed by atoms with E-state index in [1.165, 1.54) is 11.3 Å². The number of nitrogens with two attached hydrogens (primary N) is 1. The summed E-state index contributed by atoms with van der Waals surface area (Å²) in [5.41, 5.74) is 10.5. The predicted molar refractivity (Wildman–Crippen MR) is 80.5 cm³/mol. The molecule has 2 heterocycles. The fraction of sp³-hybridized carbons (Fsp3) is 0.667. The summed E-state index contributed by atoms with van der Waals surface area (Å²) in [6.07, 6.45) is 0. The quantitative estimate of drug-likeness (QED) is 0.897. The minimum Gasteiger partial charge on any atom is -0.369 e. The Hall–Kier alpha value is -1.13. The van der Waals surface area contributed by atoms with E-state index in [0.29, 0.717) is 18.5 Å². The molecule has 1 fully saturated rings. The summed E-state index contributed by atoms with van der Waals surface area (Å²) in [4.78, 5) is 9.33. The molecular weight excluding hydrogens is 236 g/mol. The molecule has 0 saturated carbocycles. The van der Waals surface area contributed by atoms with Gasteiger partial charge in [0.1, 0.15) is 0 Å². The molecule has 106 valence electrons. The van der Waals surface area contributed by atoms with Gasteiger partial charge in [0.2, 0.25) is 0 Å². The third-order valence-electron chi connectivity index (χ3n) is 4.22. The van der Waals surface area contributed by atoms with Gasteiger partial charge in [-0.3, -0.25) is 4.98 Å². The summed E-state index contributed by atoms with van der Waals surface area (Å²) in [6, 6.07) is 2.79. The van der Waals surface area contributed by atoms with Crippen molar-refractivity contribution in [1.29, 1.82) is 0 Å². The molecule has 4 nitrogen and oxygen atoms in total. The highest BCUT2D eigenvalue weighted by Crippen LogP contribution is 2.30. The normalized spacial score (nSPS) is 23.4. The summed E-state index contributed by atoms with van der Waals surface area (Å²) in [5.74, 6) is 0.675. The molecule has 0 spiro atoms. The summed E-state index contributed by atoms with van der Waals surface area (Å²) in [7, 11) is 4.33. The second kappa shape index (κ2) is 5.47. The van der Waals surface area contributed by atoms with E-state index in [9.17, 15) is 0 Å². The van der Waals surface area contributed by atoms with Gasteiger partial charge < -0.3 is 15.5 Å². The molecule has 1 aliphatic heterocycles. The number of hydrogen-bond donors (Lipinski definition) is 1. The SMILES string of the molecule is Cc1cc(N2CC(C)C(N(C)C)C2)c(CN)c(C)n1. The van der Waals surface area contributed by atoms with Gasteiger partial charge in [-0.15, -0.1) is 0 Å². The van der Waals surface area contributed by atoms with E-state index in [1.807, 2.05) is 0 Å². The number of likely N-dealkylation sites (N-methyl/N-ethyl adjacent to an activating group) is 1. The Bertz CT molecular complexity index is 456. The van der Waals surface area contributed by atoms with Crippen LogP contribution < -0.4 is 10.6 Å². The monoisotopic (exact) mass is 262 g/mol. The van der Waals surface area contributed by atoms with Gasteiger partial charge in [0, 0.05) is 48.3 Å². The first-order chi connectivity index (χ1) is 8.93. The molecule has 2 rings (SSSR count). The van der Waals surface area contributed by atoms with Crippen LogP contribution in [0, 0.1) is 19.8 Å². The van der Waals surface area contributed by atoms with Crippen molar-refractivity contribution in [3.05, 3.63) is 23.0 Å². The lowest BCUT2D eigenvalue weighted by molar-refractivity contribution is 0.266. The van der Waals surface area contributed by atoms with Crippen LogP contribution in [0.5, 0.6) is 0 Å². The number of aryl methyl sites for hydroxylation is 2. The zero-order valence-corrected chi connectivity index (χ0v) is 12.8. The fourth-order valence-corrected chi connectivity index (χ4v) is 3.19. The highest BCUT2D eigenvalue weighted by Gasteiger charge is 2.32. The molecule has 4 heteroatoms. The second-order valence-corrected chi connectivity index (χ2v) is 5.96. The van der Waals surface area contributed by atoms with Gasteiger partial charge in [0.15, 0.2) is 0 Å². The first-order valence-electron chi connectivity index (χ1n) is 7.02.